The van der Waals surface area contributed by atoms with Crippen LogP contribution in [0.25, 0.3) is 0 Å². The molecular formula is C13H12N2O2. The van der Waals surface area contributed by atoms with Crippen LogP contribution in [-0.2, 0) is 0 Å². The molecule has 0 spiro atoms. The number of rotatable bonds is 3. The van der Waals surface area contributed by atoms with Crippen LogP contribution in [0.2, 0.25) is 0 Å². The highest BCUT2D eigenvalue weighted by molar-refractivity contribution is 5.88. The third kappa shape index (κ3) is 2.43. The average Bonchev–Trinajstić information content (AvgIpc) is 2.39. The molecule has 0 fully saturated rings. The molecule has 0 saturated carbocycles. The van der Waals surface area contributed by atoms with Crippen molar-refractivity contribution < 1.29 is 9.90 Å². The fourth-order valence-electron chi connectivity index (χ4n) is 1.50. The zero-order chi connectivity index (χ0) is 12.3. The molecular weight excluding hydrogens is 216 g/mol. The minimum atomic E-state index is -0.945. The van der Waals surface area contributed by atoms with Crippen molar-refractivity contribution in [2.75, 3.05) is 5.01 Å². The van der Waals surface area contributed by atoms with E-state index in [1.165, 1.54) is 17.1 Å². The highest BCUT2D eigenvalue weighted by Gasteiger charge is 2.06. The fraction of sp³-hybridized carbons (Fsp3) is 0. The van der Waals surface area contributed by atoms with Gasteiger partial charge in [-0.3, -0.25) is 5.01 Å². The molecule has 0 aliphatic heterocycles. The highest BCUT2D eigenvalue weighted by atomic mass is 16.4. The molecule has 0 heterocycles. The number of carbonyl (C=O) groups is 1. The molecule has 0 aliphatic rings. The van der Waals surface area contributed by atoms with Crippen molar-refractivity contribution in [1.29, 1.82) is 0 Å². The number of hydrogen-bond acceptors (Lipinski definition) is 3. The standard InChI is InChI=1S/C13H12N2O2/c14-15(11-4-2-1-3-5-11)12-8-6-10(7-9-12)13(16)17/h1-9H,14H2,(H,16,17). The van der Waals surface area contributed by atoms with Crippen molar-refractivity contribution >= 4 is 17.3 Å². The van der Waals surface area contributed by atoms with Crippen molar-refractivity contribution in [1.82, 2.24) is 0 Å². The van der Waals surface area contributed by atoms with Crippen LogP contribution < -0.4 is 10.9 Å². The number of carboxylic acids is 1. The third-order valence-electron chi connectivity index (χ3n) is 2.43. The molecule has 4 nitrogen and oxygen atoms in total. The normalized spacial score (nSPS) is 9.94. The summed E-state index contributed by atoms with van der Waals surface area (Å²) in [5.41, 5.74) is 1.83. The van der Waals surface area contributed by atoms with Gasteiger partial charge in [0, 0.05) is 0 Å². The number of anilines is 2. The molecule has 86 valence electrons. The number of nitrogens with zero attached hydrogens (tertiary/aromatic N) is 1. The van der Waals surface area contributed by atoms with E-state index in [-0.39, 0.29) is 5.56 Å². The topological polar surface area (TPSA) is 66.6 Å². The van der Waals surface area contributed by atoms with Crippen LogP contribution in [0.1, 0.15) is 10.4 Å². The molecule has 0 aromatic heterocycles. The summed E-state index contributed by atoms with van der Waals surface area (Å²) in [6.07, 6.45) is 0. The summed E-state index contributed by atoms with van der Waals surface area (Å²) in [4.78, 5) is 10.7. The molecule has 0 radical (unpaired) electrons. The number of carboxylic acid groups (broad SMARTS) is 1. The van der Waals surface area contributed by atoms with Crippen LogP contribution in [-0.4, -0.2) is 11.1 Å². The Labute approximate surface area is 98.9 Å². The van der Waals surface area contributed by atoms with E-state index in [0.717, 1.165) is 11.4 Å². The van der Waals surface area contributed by atoms with Gasteiger partial charge in [0.15, 0.2) is 0 Å². The predicted octanol–water partition coefficient (Wildman–Crippen LogP) is 2.40. The van der Waals surface area contributed by atoms with E-state index >= 15 is 0 Å². The summed E-state index contributed by atoms with van der Waals surface area (Å²) < 4.78 is 0. The molecule has 2 aromatic rings. The Bertz CT molecular complexity index is 509. The smallest absolute Gasteiger partial charge is 0.335 e. The van der Waals surface area contributed by atoms with Crippen molar-refractivity contribution in [3.8, 4) is 0 Å². The van der Waals surface area contributed by atoms with Crippen LogP contribution in [0.15, 0.2) is 54.6 Å². The van der Waals surface area contributed by atoms with Crippen LogP contribution in [0.4, 0.5) is 11.4 Å². The zero-order valence-electron chi connectivity index (χ0n) is 9.08. The van der Waals surface area contributed by atoms with Crippen molar-refractivity contribution in [3.05, 3.63) is 60.2 Å². The molecule has 0 unspecified atom stereocenters. The van der Waals surface area contributed by atoms with E-state index < -0.39 is 5.97 Å². The maximum absolute atomic E-state index is 10.7. The van der Waals surface area contributed by atoms with E-state index in [9.17, 15) is 4.79 Å². The minimum Gasteiger partial charge on any atom is -0.478 e. The van der Waals surface area contributed by atoms with Crippen LogP contribution in [0.5, 0.6) is 0 Å². The molecule has 0 saturated heterocycles. The maximum atomic E-state index is 10.7. The van der Waals surface area contributed by atoms with Crippen LogP contribution >= 0.6 is 0 Å². The first-order chi connectivity index (χ1) is 8.18. The predicted molar refractivity (Wildman–Crippen MR) is 66.2 cm³/mol. The monoisotopic (exact) mass is 228 g/mol. The molecule has 2 aromatic carbocycles. The van der Waals surface area contributed by atoms with Gasteiger partial charge in [-0.1, -0.05) is 18.2 Å². The van der Waals surface area contributed by atoms with E-state index in [1.54, 1.807) is 12.1 Å². The number of benzene rings is 2. The Morgan fingerprint density at radius 3 is 2.00 bits per heavy atom. The molecule has 0 atom stereocenters. The molecule has 0 bridgehead atoms. The SMILES string of the molecule is NN(c1ccccc1)c1ccc(C(=O)O)cc1. The van der Waals surface area contributed by atoms with Gasteiger partial charge in [-0.15, -0.1) is 0 Å². The largest absolute Gasteiger partial charge is 0.478 e. The first-order valence-corrected chi connectivity index (χ1v) is 5.12. The first-order valence-electron chi connectivity index (χ1n) is 5.12. The van der Waals surface area contributed by atoms with Gasteiger partial charge in [0.2, 0.25) is 0 Å². The number of para-hydroxylation sites is 1. The first kappa shape index (κ1) is 11.2. The van der Waals surface area contributed by atoms with Crippen molar-refractivity contribution in [3.63, 3.8) is 0 Å². The number of hydrogen-bond donors (Lipinski definition) is 2. The minimum absolute atomic E-state index is 0.246. The second-order valence-corrected chi connectivity index (χ2v) is 3.56. The summed E-state index contributed by atoms with van der Waals surface area (Å²) in [5.74, 6) is 4.98. The lowest BCUT2D eigenvalue weighted by atomic mass is 10.2. The number of hydrazine groups is 1. The van der Waals surface area contributed by atoms with Gasteiger partial charge in [0.25, 0.3) is 0 Å². The van der Waals surface area contributed by atoms with Gasteiger partial charge >= 0.3 is 5.97 Å². The van der Waals surface area contributed by atoms with E-state index in [2.05, 4.69) is 0 Å². The molecule has 0 aliphatic carbocycles. The Balaban J connectivity index is 2.26. The molecule has 17 heavy (non-hydrogen) atoms. The van der Waals surface area contributed by atoms with E-state index in [4.69, 9.17) is 10.9 Å². The summed E-state index contributed by atoms with van der Waals surface area (Å²) in [5, 5.41) is 10.3. The summed E-state index contributed by atoms with van der Waals surface area (Å²) in [6.45, 7) is 0. The van der Waals surface area contributed by atoms with Gasteiger partial charge in [0.05, 0.1) is 16.9 Å². The van der Waals surface area contributed by atoms with Gasteiger partial charge in [0.1, 0.15) is 0 Å². The lowest BCUT2D eigenvalue weighted by Crippen LogP contribution is -2.24. The molecule has 4 heteroatoms. The second kappa shape index (κ2) is 4.67. The summed E-state index contributed by atoms with van der Waals surface area (Å²) in [7, 11) is 0. The van der Waals surface area contributed by atoms with E-state index in [0.29, 0.717) is 0 Å². The maximum Gasteiger partial charge on any atom is 0.335 e. The highest BCUT2D eigenvalue weighted by Crippen LogP contribution is 2.21. The van der Waals surface area contributed by atoms with E-state index in [1.807, 2.05) is 30.3 Å². The average molecular weight is 228 g/mol. The van der Waals surface area contributed by atoms with Crippen LogP contribution in [0, 0.1) is 0 Å². The second-order valence-electron chi connectivity index (χ2n) is 3.56. The quantitative estimate of drug-likeness (QED) is 0.625. The van der Waals surface area contributed by atoms with Gasteiger partial charge in [-0.2, -0.15) is 0 Å². The Morgan fingerprint density at radius 2 is 1.47 bits per heavy atom. The Morgan fingerprint density at radius 1 is 0.941 bits per heavy atom. The van der Waals surface area contributed by atoms with Gasteiger partial charge in [-0.25, -0.2) is 10.6 Å². The number of aromatic carboxylic acids is 1. The van der Waals surface area contributed by atoms with Crippen molar-refractivity contribution in [2.45, 2.75) is 0 Å². The zero-order valence-corrected chi connectivity index (χ0v) is 9.08. The lowest BCUT2D eigenvalue weighted by molar-refractivity contribution is 0.0697. The fourth-order valence-corrected chi connectivity index (χ4v) is 1.50. The van der Waals surface area contributed by atoms with Gasteiger partial charge in [-0.05, 0) is 36.4 Å². The summed E-state index contributed by atoms with van der Waals surface area (Å²) in [6, 6.07) is 15.9. The molecule has 3 N–H and O–H groups in total. The van der Waals surface area contributed by atoms with Crippen molar-refractivity contribution in [2.24, 2.45) is 5.84 Å². The summed E-state index contributed by atoms with van der Waals surface area (Å²) >= 11 is 0. The van der Waals surface area contributed by atoms with Gasteiger partial charge < -0.3 is 5.11 Å². The molecule has 0 amide bonds. The lowest BCUT2D eigenvalue weighted by Gasteiger charge is -2.18. The Kier molecular flexibility index (Phi) is 3.07. The van der Waals surface area contributed by atoms with Crippen LogP contribution in [0.3, 0.4) is 0 Å². The Hall–Kier alpha value is -2.33. The molecule has 2 rings (SSSR count). The third-order valence-corrected chi connectivity index (χ3v) is 2.43. The number of nitrogens with two attached hydrogens (primary N) is 1.